The van der Waals surface area contributed by atoms with E-state index in [1.807, 2.05) is 30.3 Å². The normalized spacial score (nSPS) is 24.9. The van der Waals surface area contributed by atoms with Gasteiger partial charge in [-0.2, -0.15) is 0 Å². The molecule has 2 aromatic rings. The monoisotopic (exact) mass is 393 g/mol. The van der Waals surface area contributed by atoms with Crippen molar-refractivity contribution in [1.29, 1.82) is 0 Å². The lowest BCUT2D eigenvalue weighted by molar-refractivity contribution is -0.122. The second kappa shape index (κ2) is 6.45. The molecule has 0 saturated carbocycles. The Hall–Kier alpha value is -1.66. The molecular weight excluding hydrogens is 378 g/mol. The Labute approximate surface area is 144 Å². The second-order valence-electron chi connectivity index (χ2n) is 5.50. The summed E-state index contributed by atoms with van der Waals surface area (Å²) in [5.41, 5.74) is 0.796. The number of alkyl halides is 1. The lowest BCUT2D eigenvalue weighted by Gasteiger charge is -2.34. The van der Waals surface area contributed by atoms with Crippen molar-refractivity contribution >= 4 is 31.7 Å². The van der Waals surface area contributed by atoms with E-state index in [4.69, 9.17) is 0 Å². The van der Waals surface area contributed by atoms with Crippen LogP contribution < -0.4 is 5.32 Å². The number of halogens is 1. The average molecular weight is 394 g/mol. The maximum atomic E-state index is 13.1. The van der Waals surface area contributed by atoms with Crippen molar-refractivity contribution in [2.75, 3.05) is 0 Å². The molecule has 0 unspecified atom stereocenters. The molecule has 4 nitrogen and oxygen atoms in total. The van der Waals surface area contributed by atoms with E-state index in [1.54, 1.807) is 30.3 Å². The van der Waals surface area contributed by atoms with E-state index in [2.05, 4.69) is 21.2 Å². The third-order valence-electron chi connectivity index (χ3n) is 4.02. The van der Waals surface area contributed by atoms with E-state index in [-0.39, 0.29) is 17.2 Å². The summed E-state index contributed by atoms with van der Waals surface area (Å²) in [4.78, 5) is 11.8. The zero-order valence-electron chi connectivity index (χ0n) is 12.2. The fourth-order valence-corrected chi connectivity index (χ4v) is 5.53. The smallest absolute Gasteiger partial charge is 0.234 e. The van der Waals surface area contributed by atoms with Gasteiger partial charge in [-0.25, -0.2) is 8.42 Å². The van der Waals surface area contributed by atoms with Crippen LogP contribution in [0.25, 0.3) is 0 Å². The van der Waals surface area contributed by atoms with E-state index >= 15 is 0 Å². The Balaban J connectivity index is 2.05. The molecular formula is C17H16BrNO3S. The summed E-state index contributed by atoms with van der Waals surface area (Å²) in [6, 6.07) is 17.1. The highest BCUT2D eigenvalue weighted by atomic mass is 79.9. The number of sulfone groups is 1. The summed E-state index contributed by atoms with van der Waals surface area (Å²) in [5, 5.41) is 2.13. The molecule has 1 N–H and O–H groups in total. The number of piperidine rings is 1. The number of hydrogen-bond acceptors (Lipinski definition) is 3. The first-order valence-corrected chi connectivity index (χ1v) is 9.74. The van der Waals surface area contributed by atoms with Gasteiger partial charge in [0, 0.05) is 0 Å². The number of nitrogens with one attached hydrogen (secondary N) is 1. The van der Waals surface area contributed by atoms with Crippen LogP contribution in [0, 0.1) is 0 Å². The van der Waals surface area contributed by atoms with Crippen LogP contribution in [0.5, 0.6) is 0 Å². The minimum Gasteiger partial charge on any atom is -0.347 e. The van der Waals surface area contributed by atoms with E-state index in [0.717, 1.165) is 5.56 Å². The first kappa shape index (κ1) is 16.2. The lowest BCUT2D eigenvalue weighted by Crippen LogP contribution is -2.50. The summed E-state index contributed by atoms with van der Waals surface area (Å²) >= 11 is 3.28. The highest BCUT2D eigenvalue weighted by Crippen LogP contribution is 2.35. The van der Waals surface area contributed by atoms with Crippen molar-refractivity contribution < 1.29 is 13.2 Å². The zero-order chi connectivity index (χ0) is 16.4. The molecule has 1 saturated heterocycles. The molecule has 120 valence electrons. The topological polar surface area (TPSA) is 63.2 Å². The Morgan fingerprint density at radius 2 is 1.52 bits per heavy atom. The minimum absolute atomic E-state index is 0.182. The maximum absolute atomic E-state index is 13.1. The van der Waals surface area contributed by atoms with Gasteiger partial charge in [-0.15, -0.1) is 0 Å². The van der Waals surface area contributed by atoms with Gasteiger partial charge in [-0.05, 0) is 24.1 Å². The van der Waals surface area contributed by atoms with Gasteiger partial charge in [0.25, 0.3) is 0 Å². The molecule has 1 aliphatic heterocycles. The van der Waals surface area contributed by atoms with Crippen LogP contribution in [0.4, 0.5) is 0 Å². The number of carbonyl (C=O) groups is 1. The Morgan fingerprint density at radius 1 is 0.957 bits per heavy atom. The van der Waals surface area contributed by atoms with Gasteiger partial charge in [-0.1, -0.05) is 64.5 Å². The summed E-state index contributed by atoms with van der Waals surface area (Å²) in [5.74, 6) is -0.182. The zero-order valence-corrected chi connectivity index (χ0v) is 14.6. The summed E-state index contributed by atoms with van der Waals surface area (Å²) in [7, 11) is -3.56. The standard InChI is InChI=1S/C17H16BrNO3S/c18-14-11-15(23(21,22)13-9-5-2-6-10-13)16(19-17(14)20)12-7-3-1-4-8-12/h1-10,14-16H,11H2,(H,19,20)/t14-,15-,16+/m0/s1. The van der Waals surface area contributed by atoms with Crippen LogP contribution in [0.1, 0.15) is 18.0 Å². The quantitative estimate of drug-likeness (QED) is 0.815. The molecule has 2 aromatic carbocycles. The molecule has 0 radical (unpaired) electrons. The summed E-state index contributed by atoms with van der Waals surface area (Å²) < 4.78 is 26.1. The third-order valence-corrected chi connectivity index (χ3v) is 7.00. The van der Waals surface area contributed by atoms with Crippen LogP contribution in [0.3, 0.4) is 0 Å². The van der Waals surface area contributed by atoms with E-state index in [0.29, 0.717) is 0 Å². The molecule has 0 aliphatic carbocycles. The first-order chi connectivity index (χ1) is 11.0. The minimum atomic E-state index is -3.56. The predicted octanol–water partition coefficient (Wildman–Crippen LogP) is 2.85. The molecule has 3 atom stereocenters. The number of amides is 1. The molecule has 1 heterocycles. The van der Waals surface area contributed by atoms with Crippen LogP contribution in [0.15, 0.2) is 65.6 Å². The molecule has 6 heteroatoms. The molecule has 0 spiro atoms. The van der Waals surface area contributed by atoms with Crippen LogP contribution in [-0.2, 0) is 14.6 Å². The van der Waals surface area contributed by atoms with Crippen molar-refractivity contribution in [3.05, 3.63) is 66.2 Å². The largest absolute Gasteiger partial charge is 0.347 e. The molecule has 0 bridgehead atoms. The van der Waals surface area contributed by atoms with Gasteiger partial charge in [0.15, 0.2) is 9.84 Å². The molecule has 3 rings (SSSR count). The second-order valence-corrected chi connectivity index (χ2v) is 8.77. The fraction of sp³-hybridized carbons (Fsp3) is 0.235. The van der Waals surface area contributed by atoms with Crippen LogP contribution >= 0.6 is 15.9 Å². The number of benzene rings is 2. The maximum Gasteiger partial charge on any atom is 0.234 e. The molecule has 23 heavy (non-hydrogen) atoms. The first-order valence-electron chi connectivity index (χ1n) is 7.28. The third kappa shape index (κ3) is 3.19. The van der Waals surface area contributed by atoms with Crippen LogP contribution in [-0.4, -0.2) is 24.4 Å². The Kier molecular flexibility index (Phi) is 4.55. The van der Waals surface area contributed by atoms with Gasteiger partial charge in [-0.3, -0.25) is 4.79 Å². The number of hydrogen-bond donors (Lipinski definition) is 1. The van der Waals surface area contributed by atoms with Crippen molar-refractivity contribution in [2.45, 2.75) is 27.4 Å². The SMILES string of the molecule is O=C1N[C@H](c2ccccc2)[C@@H](S(=O)(=O)c2ccccc2)C[C@@H]1Br. The van der Waals surface area contributed by atoms with Crippen molar-refractivity contribution in [3.8, 4) is 0 Å². The van der Waals surface area contributed by atoms with Crippen molar-refractivity contribution in [1.82, 2.24) is 5.32 Å². The molecule has 1 aliphatic rings. The van der Waals surface area contributed by atoms with Crippen molar-refractivity contribution in [2.24, 2.45) is 0 Å². The summed E-state index contributed by atoms with van der Waals surface area (Å²) in [6.45, 7) is 0. The highest BCUT2D eigenvalue weighted by molar-refractivity contribution is 9.10. The molecule has 0 aromatic heterocycles. The van der Waals surface area contributed by atoms with Gasteiger partial charge < -0.3 is 5.32 Å². The predicted molar refractivity (Wildman–Crippen MR) is 92.1 cm³/mol. The fourth-order valence-electron chi connectivity index (χ4n) is 2.83. The van der Waals surface area contributed by atoms with E-state index in [1.165, 1.54) is 0 Å². The number of carbonyl (C=O) groups excluding carboxylic acids is 1. The molecule has 1 fully saturated rings. The van der Waals surface area contributed by atoms with E-state index < -0.39 is 26.0 Å². The summed E-state index contributed by atoms with van der Waals surface area (Å²) in [6.07, 6.45) is 0.239. The van der Waals surface area contributed by atoms with Crippen molar-refractivity contribution in [3.63, 3.8) is 0 Å². The lowest BCUT2D eigenvalue weighted by atomic mass is 9.96. The highest BCUT2D eigenvalue weighted by Gasteiger charge is 2.43. The van der Waals surface area contributed by atoms with Gasteiger partial charge in [0.2, 0.25) is 5.91 Å². The Bertz CT molecular complexity index is 793. The molecule has 1 amide bonds. The van der Waals surface area contributed by atoms with Gasteiger partial charge >= 0.3 is 0 Å². The Morgan fingerprint density at radius 3 is 2.13 bits per heavy atom. The van der Waals surface area contributed by atoms with E-state index in [9.17, 15) is 13.2 Å². The van der Waals surface area contributed by atoms with Gasteiger partial charge in [0.1, 0.15) is 0 Å². The average Bonchev–Trinajstić information content (AvgIpc) is 2.58. The van der Waals surface area contributed by atoms with Crippen LogP contribution in [0.2, 0.25) is 0 Å². The number of rotatable bonds is 3. The van der Waals surface area contributed by atoms with Gasteiger partial charge in [0.05, 0.1) is 21.0 Å².